The summed E-state index contributed by atoms with van der Waals surface area (Å²) >= 11 is 1.64. The number of nitrogens with zero attached hydrogens (tertiary/aromatic N) is 1. The van der Waals surface area contributed by atoms with Gasteiger partial charge in [0, 0.05) is 11.4 Å². The molecule has 0 saturated carbocycles. The molecule has 1 aromatic heterocycles. The van der Waals surface area contributed by atoms with Crippen molar-refractivity contribution in [2.45, 2.75) is 33.4 Å². The van der Waals surface area contributed by atoms with Crippen molar-refractivity contribution in [3.05, 3.63) is 57.3 Å². The Labute approximate surface area is 141 Å². The van der Waals surface area contributed by atoms with Crippen molar-refractivity contribution in [2.24, 2.45) is 0 Å². The zero-order valence-corrected chi connectivity index (χ0v) is 14.7. The smallest absolute Gasteiger partial charge is 0.317 e. The van der Waals surface area contributed by atoms with E-state index in [0.29, 0.717) is 13.1 Å². The number of carbonyl (C=O) groups excluding carboxylic acids is 1. The monoisotopic (exact) mass is 332 g/mol. The van der Waals surface area contributed by atoms with Crippen molar-refractivity contribution in [3.63, 3.8) is 0 Å². The summed E-state index contributed by atoms with van der Waals surface area (Å²) in [5.74, 6) is 0. The molecular weight excluding hydrogens is 308 g/mol. The molecule has 23 heavy (non-hydrogen) atoms. The first-order valence-corrected chi connectivity index (χ1v) is 8.69. The fourth-order valence-electron chi connectivity index (χ4n) is 2.31. The molecule has 0 bridgehead atoms. The lowest BCUT2D eigenvalue weighted by Crippen LogP contribution is -2.41. The van der Waals surface area contributed by atoms with Gasteiger partial charge in [0.05, 0.1) is 19.2 Å². The summed E-state index contributed by atoms with van der Waals surface area (Å²) in [6.07, 6.45) is -0.676. The van der Waals surface area contributed by atoms with E-state index in [-0.39, 0.29) is 12.6 Å². The van der Waals surface area contributed by atoms with Crippen molar-refractivity contribution in [3.8, 4) is 0 Å². The zero-order valence-electron chi connectivity index (χ0n) is 13.9. The highest BCUT2D eigenvalue weighted by molar-refractivity contribution is 7.10. The summed E-state index contributed by atoms with van der Waals surface area (Å²) in [6.45, 7) is 7.33. The molecule has 1 aromatic carbocycles. The second kappa shape index (κ2) is 8.13. The first-order chi connectivity index (χ1) is 11.0. The van der Waals surface area contributed by atoms with E-state index < -0.39 is 6.10 Å². The number of rotatable bonds is 6. The van der Waals surface area contributed by atoms with Crippen LogP contribution in [-0.2, 0) is 6.54 Å². The summed E-state index contributed by atoms with van der Waals surface area (Å²) in [5, 5.41) is 15.3. The Morgan fingerprint density at radius 3 is 2.52 bits per heavy atom. The van der Waals surface area contributed by atoms with Crippen LogP contribution in [-0.4, -0.2) is 29.1 Å². The lowest BCUT2D eigenvalue weighted by atomic mass is 10.1. The van der Waals surface area contributed by atoms with Gasteiger partial charge in [0.2, 0.25) is 0 Å². The Morgan fingerprint density at radius 1 is 1.26 bits per heavy atom. The molecule has 1 atom stereocenters. The van der Waals surface area contributed by atoms with Crippen LogP contribution in [0.2, 0.25) is 0 Å². The number of urea groups is 1. The number of carbonyl (C=O) groups is 1. The standard InChI is InChI=1S/C18H24N2O2S/c1-4-20(12-16(21)15-7-5-13(2)6-8-15)18(22)19-11-17-14(3)9-10-23-17/h5-10,16,21H,4,11-12H2,1-3H3,(H,19,22). The summed E-state index contributed by atoms with van der Waals surface area (Å²) in [4.78, 5) is 15.1. The second-order valence-electron chi connectivity index (χ2n) is 5.65. The number of aliphatic hydroxyl groups is 1. The van der Waals surface area contributed by atoms with Crippen LogP contribution in [0, 0.1) is 13.8 Å². The summed E-state index contributed by atoms with van der Waals surface area (Å²) in [6, 6.07) is 9.64. The Balaban J connectivity index is 1.91. The Bertz CT molecular complexity index is 637. The Kier molecular flexibility index (Phi) is 6.19. The molecule has 0 aliphatic carbocycles. The molecule has 0 aliphatic rings. The molecule has 2 rings (SSSR count). The van der Waals surface area contributed by atoms with E-state index in [4.69, 9.17) is 0 Å². The van der Waals surface area contributed by atoms with E-state index in [9.17, 15) is 9.90 Å². The number of hydrogen-bond acceptors (Lipinski definition) is 3. The zero-order chi connectivity index (χ0) is 16.8. The number of benzene rings is 1. The van der Waals surface area contributed by atoms with Crippen molar-refractivity contribution < 1.29 is 9.90 Å². The lowest BCUT2D eigenvalue weighted by molar-refractivity contribution is 0.123. The van der Waals surface area contributed by atoms with Gasteiger partial charge in [0.25, 0.3) is 0 Å². The number of thiophene rings is 1. The van der Waals surface area contributed by atoms with E-state index in [2.05, 4.69) is 5.32 Å². The van der Waals surface area contributed by atoms with Gasteiger partial charge in [-0.05, 0) is 43.3 Å². The maximum atomic E-state index is 12.3. The van der Waals surface area contributed by atoms with Crippen molar-refractivity contribution in [2.75, 3.05) is 13.1 Å². The van der Waals surface area contributed by atoms with Crippen LogP contribution < -0.4 is 5.32 Å². The number of nitrogens with one attached hydrogen (secondary N) is 1. The minimum atomic E-state index is -0.676. The van der Waals surface area contributed by atoms with Crippen LogP contribution in [0.1, 0.15) is 34.6 Å². The summed E-state index contributed by atoms with van der Waals surface area (Å²) in [7, 11) is 0. The number of amides is 2. The highest BCUT2D eigenvalue weighted by Gasteiger charge is 2.17. The third kappa shape index (κ3) is 4.81. The fourth-order valence-corrected chi connectivity index (χ4v) is 3.16. The Morgan fingerprint density at radius 2 is 1.96 bits per heavy atom. The van der Waals surface area contributed by atoms with Crippen LogP contribution in [0.4, 0.5) is 4.79 Å². The number of hydrogen-bond donors (Lipinski definition) is 2. The fraction of sp³-hybridized carbons (Fsp3) is 0.389. The minimum Gasteiger partial charge on any atom is -0.387 e. The SMILES string of the molecule is CCN(CC(O)c1ccc(C)cc1)C(=O)NCc1sccc1C. The van der Waals surface area contributed by atoms with Crippen LogP contribution in [0.3, 0.4) is 0 Å². The van der Waals surface area contributed by atoms with Gasteiger partial charge >= 0.3 is 6.03 Å². The highest BCUT2D eigenvalue weighted by atomic mass is 32.1. The van der Waals surface area contributed by atoms with Crippen molar-refractivity contribution in [1.29, 1.82) is 0 Å². The molecule has 2 amide bonds. The number of likely N-dealkylation sites (N-methyl/N-ethyl adjacent to an activating group) is 1. The van der Waals surface area contributed by atoms with Gasteiger partial charge in [-0.1, -0.05) is 29.8 Å². The molecule has 2 N–H and O–H groups in total. The molecule has 0 spiro atoms. The van der Waals surface area contributed by atoms with Crippen LogP contribution >= 0.6 is 11.3 Å². The first kappa shape index (κ1) is 17.5. The average Bonchev–Trinajstić information content (AvgIpc) is 2.95. The van der Waals surface area contributed by atoms with E-state index in [1.54, 1.807) is 16.2 Å². The van der Waals surface area contributed by atoms with Crippen LogP contribution in [0.15, 0.2) is 35.7 Å². The predicted molar refractivity (Wildman–Crippen MR) is 94.7 cm³/mol. The third-order valence-electron chi connectivity index (χ3n) is 3.89. The molecule has 2 aromatic rings. The van der Waals surface area contributed by atoms with Crippen molar-refractivity contribution in [1.82, 2.24) is 10.2 Å². The van der Waals surface area contributed by atoms with Crippen LogP contribution in [0.5, 0.6) is 0 Å². The number of aliphatic hydroxyl groups excluding tert-OH is 1. The Hall–Kier alpha value is -1.85. The van der Waals surface area contributed by atoms with Crippen LogP contribution in [0.25, 0.3) is 0 Å². The number of aryl methyl sites for hydroxylation is 2. The quantitative estimate of drug-likeness (QED) is 0.849. The van der Waals surface area contributed by atoms with Gasteiger partial charge in [0.1, 0.15) is 0 Å². The normalized spacial score (nSPS) is 12.0. The molecular formula is C18H24N2O2S. The molecule has 5 heteroatoms. The predicted octanol–water partition coefficient (Wildman–Crippen LogP) is 3.63. The molecule has 4 nitrogen and oxygen atoms in total. The van der Waals surface area contributed by atoms with Gasteiger partial charge in [-0.2, -0.15) is 0 Å². The molecule has 1 heterocycles. The molecule has 1 unspecified atom stereocenters. The van der Waals surface area contributed by atoms with E-state index in [1.807, 2.05) is 56.5 Å². The second-order valence-corrected chi connectivity index (χ2v) is 6.65. The molecule has 0 fully saturated rings. The largest absolute Gasteiger partial charge is 0.387 e. The summed E-state index contributed by atoms with van der Waals surface area (Å²) in [5.41, 5.74) is 3.17. The molecule has 124 valence electrons. The molecule has 0 radical (unpaired) electrons. The molecule has 0 aliphatic heterocycles. The minimum absolute atomic E-state index is 0.147. The third-order valence-corrected chi connectivity index (χ3v) is 4.92. The lowest BCUT2D eigenvalue weighted by Gasteiger charge is -2.24. The maximum absolute atomic E-state index is 12.3. The van der Waals surface area contributed by atoms with Crippen molar-refractivity contribution >= 4 is 17.4 Å². The van der Waals surface area contributed by atoms with E-state index >= 15 is 0 Å². The first-order valence-electron chi connectivity index (χ1n) is 7.81. The average molecular weight is 332 g/mol. The van der Waals surface area contributed by atoms with Gasteiger partial charge < -0.3 is 15.3 Å². The highest BCUT2D eigenvalue weighted by Crippen LogP contribution is 2.17. The van der Waals surface area contributed by atoms with Gasteiger partial charge in [-0.3, -0.25) is 0 Å². The van der Waals surface area contributed by atoms with E-state index in [1.165, 1.54) is 5.56 Å². The maximum Gasteiger partial charge on any atom is 0.317 e. The van der Waals surface area contributed by atoms with Gasteiger partial charge in [-0.25, -0.2) is 4.79 Å². The summed E-state index contributed by atoms with van der Waals surface area (Å²) < 4.78 is 0. The topological polar surface area (TPSA) is 52.6 Å². The van der Waals surface area contributed by atoms with Gasteiger partial charge in [0.15, 0.2) is 0 Å². The molecule has 0 saturated heterocycles. The van der Waals surface area contributed by atoms with Gasteiger partial charge in [-0.15, -0.1) is 11.3 Å². The van der Waals surface area contributed by atoms with E-state index in [0.717, 1.165) is 16.0 Å².